The number of carbonyl (C=O) groups is 2. The number of para-hydroxylation sites is 1. The summed E-state index contributed by atoms with van der Waals surface area (Å²) < 4.78 is 5.64. The van der Waals surface area contributed by atoms with Crippen LogP contribution in [0.1, 0.15) is 28.8 Å². The quantitative estimate of drug-likeness (QED) is 0.865. The van der Waals surface area contributed by atoms with Gasteiger partial charge in [0.15, 0.2) is 0 Å². The van der Waals surface area contributed by atoms with Crippen LogP contribution in [-0.4, -0.2) is 41.6 Å². The van der Waals surface area contributed by atoms with Gasteiger partial charge in [-0.15, -0.1) is 0 Å². The number of carbonyl (C=O) groups excluding carboxylic acids is 1. The molecule has 5 heteroatoms. The molecule has 0 radical (unpaired) electrons. The van der Waals surface area contributed by atoms with Crippen molar-refractivity contribution in [1.29, 1.82) is 0 Å². The Morgan fingerprint density at radius 3 is 2.46 bits per heavy atom. The Balaban J connectivity index is 1.69. The Bertz CT molecular complexity index is 814. The minimum Gasteiger partial charge on any atom is -0.492 e. The van der Waals surface area contributed by atoms with E-state index in [1.54, 1.807) is 0 Å². The Hall–Kier alpha value is -3.08. The maximum absolute atomic E-state index is 12.5. The van der Waals surface area contributed by atoms with Crippen LogP contribution >= 0.6 is 0 Å². The number of rotatable bonds is 6. The average molecular weight is 351 g/mol. The van der Waals surface area contributed by atoms with Crippen molar-refractivity contribution < 1.29 is 19.4 Å². The van der Waals surface area contributed by atoms with Gasteiger partial charge in [-0.2, -0.15) is 0 Å². The summed E-state index contributed by atoms with van der Waals surface area (Å²) in [5.74, 6) is -0.163. The molecule has 5 nitrogen and oxygen atoms in total. The minimum absolute atomic E-state index is 0.0342. The summed E-state index contributed by atoms with van der Waals surface area (Å²) in [6.45, 7) is 1.33. The van der Waals surface area contributed by atoms with Gasteiger partial charge in [-0.25, -0.2) is 0 Å². The number of aliphatic carboxylic acids is 1. The van der Waals surface area contributed by atoms with E-state index in [9.17, 15) is 9.59 Å². The van der Waals surface area contributed by atoms with Crippen LogP contribution in [0.2, 0.25) is 0 Å². The van der Waals surface area contributed by atoms with Crippen molar-refractivity contribution in [3.05, 3.63) is 71.8 Å². The second kappa shape index (κ2) is 8.34. The topological polar surface area (TPSA) is 66.8 Å². The van der Waals surface area contributed by atoms with E-state index in [1.165, 1.54) is 0 Å². The molecule has 0 atom stereocenters. The molecule has 0 aromatic heterocycles. The second-order valence-corrected chi connectivity index (χ2v) is 6.08. The van der Waals surface area contributed by atoms with Crippen molar-refractivity contribution >= 4 is 17.4 Å². The van der Waals surface area contributed by atoms with E-state index < -0.39 is 5.97 Å². The Labute approximate surface area is 152 Å². The summed E-state index contributed by atoms with van der Waals surface area (Å²) in [7, 11) is 0. The molecule has 0 unspecified atom stereocenters. The molecule has 1 aliphatic rings. The molecule has 2 aromatic rings. The summed E-state index contributed by atoms with van der Waals surface area (Å²) in [5.41, 5.74) is 2.78. The summed E-state index contributed by atoms with van der Waals surface area (Å²) in [5, 5.41) is 8.76. The summed E-state index contributed by atoms with van der Waals surface area (Å²) in [4.78, 5) is 25.0. The number of ether oxygens (including phenoxy) is 1. The summed E-state index contributed by atoms with van der Waals surface area (Å²) in [6.07, 6.45) is 2.74. The van der Waals surface area contributed by atoms with Crippen LogP contribution < -0.4 is 4.74 Å². The lowest BCUT2D eigenvalue weighted by atomic mass is 9.98. The predicted octanol–water partition coefficient (Wildman–Crippen LogP) is 3.47. The second-order valence-electron chi connectivity index (χ2n) is 6.08. The lowest BCUT2D eigenvalue weighted by molar-refractivity contribution is -0.137. The first-order valence-electron chi connectivity index (χ1n) is 8.62. The van der Waals surface area contributed by atoms with Gasteiger partial charge in [0, 0.05) is 24.2 Å². The Morgan fingerprint density at radius 2 is 1.77 bits per heavy atom. The number of amides is 1. The van der Waals surface area contributed by atoms with Crippen molar-refractivity contribution in [3.63, 3.8) is 0 Å². The van der Waals surface area contributed by atoms with Crippen LogP contribution in [0.3, 0.4) is 0 Å². The fraction of sp³-hybridized carbons (Fsp3) is 0.238. The largest absolute Gasteiger partial charge is 0.492 e. The predicted molar refractivity (Wildman–Crippen MR) is 99.1 cm³/mol. The van der Waals surface area contributed by atoms with Crippen molar-refractivity contribution in [1.82, 2.24) is 4.90 Å². The number of nitrogens with zero attached hydrogens (tertiary/aromatic N) is 1. The molecule has 1 amide bonds. The van der Waals surface area contributed by atoms with Crippen LogP contribution in [-0.2, 0) is 4.79 Å². The fourth-order valence-corrected chi connectivity index (χ4v) is 2.97. The van der Waals surface area contributed by atoms with Gasteiger partial charge in [0.05, 0.1) is 13.0 Å². The van der Waals surface area contributed by atoms with Crippen LogP contribution in [0, 0.1) is 0 Å². The molecule has 0 saturated carbocycles. The third-order valence-electron chi connectivity index (χ3n) is 4.32. The third kappa shape index (κ3) is 4.30. The van der Waals surface area contributed by atoms with Crippen LogP contribution in [0.5, 0.6) is 5.75 Å². The van der Waals surface area contributed by atoms with Gasteiger partial charge in [0.25, 0.3) is 5.91 Å². The molecular weight excluding hydrogens is 330 g/mol. The molecule has 0 fully saturated rings. The van der Waals surface area contributed by atoms with Gasteiger partial charge >= 0.3 is 5.97 Å². The number of hydrogen-bond acceptors (Lipinski definition) is 3. The maximum atomic E-state index is 12.5. The molecule has 26 heavy (non-hydrogen) atoms. The Kier molecular flexibility index (Phi) is 5.69. The summed E-state index contributed by atoms with van der Waals surface area (Å²) in [6, 6.07) is 16.9. The van der Waals surface area contributed by atoms with Gasteiger partial charge in [0.2, 0.25) is 0 Å². The lowest BCUT2D eigenvalue weighted by Crippen LogP contribution is -2.34. The van der Waals surface area contributed by atoms with Gasteiger partial charge in [-0.1, -0.05) is 42.5 Å². The van der Waals surface area contributed by atoms with Crippen LogP contribution in [0.25, 0.3) is 5.57 Å². The zero-order valence-corrected chi connectivity index (χ0v) is 14.4. The first-order valence-corrected chi connectivity index (χ1v) is 8.62. The van der Waals surface area contributed by atoms with Gasteiger partial charge in [-0.3, -0.25) is 9.59 Å². The molecule has 0 aliphatic carbocycles. The monoisotopic (exact) mass is 351 g/mol. The normalized spacial score (nSPS) is 13.8. The van der Waals surface area contributed by atoms with Crippen molar-refractivity contribution in [2.24, 2.45) is 0 Å². The molecule has 1 N–H and O–H groups in total. The Morgan fingerprint density at radius 1 is 1.04 bits per heavy atom. The molecule has 2 aromatic carbocycles. The SMILES string of the molecule is O=C(O)CCOc1ccccc1C1=CCN(C(=O)c2ccccc2)CC1. The standard InChI is InChI=1S/C21H21NO4/c23-20(24)12-15-26-19-9-5-4-8-18(19)16-10-13-22(14-11-16)21(25)17-6-2-1-3-7-17/h1-10H,11-15H2,(H,23,24). The molecule has 0 saturated heterocycles. The van der Waals surface area contributed by atoms with Crippen molar-refractivity contribution in [2.45, 2.75) is 12.8 Å². The van der Waals surface area contributed by atoms with E-state index in [1.807, 2.05) is 65.6 Å². The zero-order chi connectivity index (χ0) is 18.4. The van der Waals surface area contributed by atoms with Gasteiger partial charge in [0.1, 0.15) is 5.75 Å². The van der Waals surface area contributed by atoms with E-state index in [2.05, 4.69) is 0 Å². The number of carboxylic acids is 1. The van der Waals surface area contributed by atoms with E-state index in [4.69, 9.17) is 9.84 Å². The van der Waals surface area contributed by atoms with Crippen LogP contribution in [0.4, 0.5) is 0 Å². The highest BCUT2D eigenvalue weighted by molar-refractivity contribution is 5.94. The molecule has 1 heterocycles. The smallest absolute Gasteiger partial charge is 0.306 e. The average Bonchev–Trinajstić information content (AvgIpc) is 2.68. The van der Waals surface area contributed by atoms with Crippen molar-refractivity contribution in [3.8, 4) is 5.75 Å². The van der Waals surface area contributed by atoms with E-state index in [0.29, 0.717) is 24.4 Å². The van der Waals surface area contributed by atoms with E-state index >= 15 is 0 Å². The van der Waals surface area contributed by atoms with Crippen LogP contribution in [0.15, 0.2) is 60.7 Å². The summed E-state index contributed by atoms with van der Waals surface area (Å²) >= 11 is 0. The molecule has 0 bridgehead atoms. The number of carboxylic acid groups (broad SMARTS) is 1. The highest BCUT2D eigenvalue weighted by Crippen LogP contribution is 2.30. The highest BCUT2D eigenvalue weighted by Gasteiger charge is 2.20. The van der Waals surface area contributed by atoms with E-state index in [-0.39, 0.29) is 18.9 Å². The highest BCUT2D eigenvalue weighted by atomic mass is 16.5. The zero-order valence-electron chi connectivity index (χ0n) is 14.4. The van der Waals surface area contributed by atoms with Crippen molar-refractivity contribution in [2.75, 3.05) is 19.7 Å². The minimum atomic E-state index is -0.880. The van der Waals surface area contributed by atoms with Gasteiger partial charge in [-0.05, 0) is 30.2 Å². The van der Waals surface area contributed by atoms with E-state index in [0.717, 1.165) is 17.6 Å². The maximum Gasteiger partial charge on any atom is 0.306 e. The first-order chi connectivity index (χ1) is 12.6. The molecule has 0 spiro atoms. The number of hydrogen-bond donors (Lipinski definition) is 1. The van der Waals surface area contributed by atoms with Gasteiger partial charge < -0.3 is 14.7 Å². The molecule has 1 aliphatic heterocycles. The molecule has 134 valence electrons. The molecular formula is C21H21NO4. The first kappa shape index (κ1) is 17.7. The molecule has 3 rings (SSSR count). The number of benzene rings is 2. The fourth-order valence-electron chi connectivity index (χ4n) is 2.97. The third-order valence-corrected chi connectivity index (χ3v) is 4.32. The lowest BCUT2D eigenvalue weighted by Gasteiger charge is -2.27.